The summed E-state index contributed by atoms with van der Waals surface area (Å²) in [6.07, 6.45) is -0.323. The van der Waals surface area contributed by atoms with Gasteiger partial charge in [-0.2, -0.15) is 0 Å². The number of carbonyl (C=O) groups excluding carboxylic acids is 3. The zero-order valence-corrected chi connectivity index (χ0v) is 16.2. The number of nitro groups is 1. The van der Waals surface area contributed by atoms with Crippen LogP contribution in [0.15, 0.2) is 42.5 Å². The largest absolute Gasteiger partial charge is 0.456 e. The fourth-order valence-electron chi connectivity index (χ4n) is 2.27. The predicted octanol–water partition coefficient (Wildman–Crippen LogP) is 3.46. The van der Waals surface area contributed by atoms with Gasteiger partial charge in [0.1, 0.15) is 0 Å². The molecule has 0 saturated carbocycles. The summed E-state index contributed by atoms with van der Waals surface area (Å²) in [5, 5.41) is 16.5. The van der Waals surface area contributed by atoms with Gasteiger partial charge < -0.3 is 15.4 Å². The lowest BCUT2D eigenvalue weighted by Crippen LogP contribution is -2.21. The number of hydrogen-bond donors (Lipinski definition) is 2. The topological polar surface area (TPSA) is 128 Å². The minimum absolute atomic E-state index is 0.118. The summed E-state index contributed by atoms with van der Waals surface area (Å²) in [4.78, 5) is 45.7. The molecule has 0 saturated heterocycles. The SMILES string of the molecule is Cc1ccc(NC(=O)COC(=O)CCC(=O)Nc2ccc(Cl)cc2)cc1[N+](=O)[O-]. The van der Waals surface area contributed by atoms with Gasteiger partial charge in [-0.15, -0.1) is 0 Å². The molecular weight excluding hydrogens is 402 g/mol. The molecule has 9 nitrogen and oxygen atoms in total. The van der Waals surface area contributed by atoms with Gasteiger partial charge in [0.25, 0.3) is 11.6 Å². The molecule has 0 aliphatic rings. The smallest absolute Gasteiger partial charge is 0.306 e. The quantitative estimate of drug-likeness (QED) is 0.383. The Morgan fingerprint density at radius 2 is 1.62 bits per heavy atom. The summed E-state index contributed by atoms with van der Waals surface area (Å²) in [6, 6.07) is 10.7. The number of ether oxygens (including phenoxy) is 1. The first-order valence-electron chi connectivity index (χ1n) is 8.50. The molecule has 0 fully saturated rings. The molecule has 2 aromatic rings. The molecule has 0 atom stereocenters. The number of amides is 2. The number of anilines is 2. The van der Waals surface area contributed by atoms with E-state index >= 15 is 0 Å². The summed E-state index contributed by atoms with van der Waals surface area (Å²) < 4.78 is 4.81. The predicted molar refractivity (Wildman–Crippen MR) is 107 cm³/mol. The van der Waals surface area contributed by atoms with Crippen molar-refractivity contribution in [3.8, 4) is 0 Å². The molecule has 0 heterocycles. The van der Waals surface area contributed by atoms with Crippen LogP contribution in [0, 0.1) is 17.0 Å². The molecule has 2 amide bonds. The highest BCUT2D eigenvalue weighted by atomic mass is 35.5. The summed E-state index contributed by atoms with van der Waals surface area (Å²) in [6.45, 7) is 1.01. The van der Waals surface area contributed by atoms with Crippen LogP contribution in [0.5, 0.6) is 0 Å². The number of hydrogen-bond acceptors (Lipinski definition) is 6. The van der Waals surface area contributed by atoms with Crippen LogP contribution < -0.4 is 10.6 Å². The van der Waals surface area contributed by atoms with Gasteiger partial charge in [0.15, 0.2) is 6.61 Å². The van der Waals surface area contributed by atoms with E-state index in [-0.39, 0.29) is 30.1 Å². The third kappa shape index (κ3) is 7.23. The van der Waals surface area contributed by atoms with Crippen LogP contribution in [-0.4, -0.2) is 29.3 Å². The molecule has 29 heavy (non-hydrogen) atoms. The van der Waals surface area contributed by atoms with Crippen molar-refractivity contribution in [1.82, 2.24) is 0 Å². The van der Waals surface area contributed by atoms with Crippen LogP contribution in [-0.2, 0) is 19.1 Å². The first kappa shape index (κ1) is 21.8. The first-order valence-corrected chi connectivity index (χ1v) is 8.88. The summed E-state index contributed by atoms with van der Waals surface area (Å²) in [5.41, 5.74) is 1.08. The van der Waals surface area contributed by atoms with Crippen molar-refractivity contribution in [2.24, 2.45) is 0 Å². The normalized spacial score (nSPS) is 10.1. The van der Waals surface area contributed by atoms with Gasteiger partial charge in [-0.25, -0.2) is 0 Å². The van der Waals surface area contributed by atoms with E-state index in [4.69, 9.17) is 16.3 Å². The van der Waals surface area contributed by atoms with Crippen molar-refractivity contribution >= 4 is 46.4 Å². The Kier molecular flexibility index (Phi) is 7.67. The third-order valence-electron chi connectivity index (χ3n) is 3.74. The molecule has 2 aromatic carbocycles. The van der Waals surface area contributed by atoms with E-state index in [0.29, 0.717) is 16.3 Å². The van der Waals surface area contributed by atoms with Crippen molar-refractivity contribution in [2.45, 2.75) is 19.8 Å². The lowest BCUT2D eigenvalue weighted by Gasteiger charge is -2.08. The van der Waals surface area contributed by atoms with Gasteiger partial charge in [-0.05, 0) is 37.3 Å². The number of esters is 1. The van der Waals surface area contributed by atoms with Crippen LogP contribution >= 0.6 is 11.6 Å². The lowest BCUT2D eigenvalue weighted by atomic mass is 10.2. The molecule has 0 aliphatic heterocycles. The molecule has 152 valence electrons. The molecular formula is C19H18ClN3O6. The second-order valence-electron chi connectivity index (χ2n) is 6.02. The second kappa shape index (κ2) is 10.2. The highest BCUT2D eigenvalue weighted by Gasteiger charge is 2.14. The standard InChI is InChI=1S/C19H18ClN3O6/c1-12-2-5-15(10-16(12)23(27)28)22-18(25)11-29-19(26)9-8-17(24)21-14-6-3-13(20)4-7-14/h2-7,10H,8-9,11H2,1H3,(H,21,24)(H,22,25). The number of nitro benzene ring substituents is 1. The summed E-state index contributed by atoms with van der Waals surface area (Å²) >= 11 is 5.75. The number of nitrogens with one attached hydrogen (secondary N) is 2. The van der Waals surface area contributed by atoms with Gasteiger partial charge in [-0.1, -0.05) is 17.7 Å². The van der Waals surface area contributed by atoms with Crippen molar-refractivity contribution in [2.75, 3.05) is 17.2 Å². The van der Waals surface area contributed by atoms with Gasteiger partial charge in [0, 0.05) is 34.4 Å². The maximum Gasteiger partial charge on any atom is 0.306 e. The molecule has 0 spiro atoms. The highest BCUT2D eigenvalue weighted by molar-refractivity contribution is 6.30. The second-order valence-corrected chi connectivity index (χ2v) is 6.46. The number of nitrogens with zero attached hydrogens (tertiary/aromatic N) is 1. The summed E-state index contributed by atoms with van der Waals surface area (Å²) in [7, 11) is 0. The number of benzene rings is 2. The molecule has 0 bridgehead atoms. The Morgan fingerprint density at radius 1 is 1.00 bits per heavy atom. The average Bonchev–Trinajstić information content (AvgIpc) is 2.68. The van der Waals surface area contributed by atoms with E-state index in [1.54, 1.807) is 31.2 Å². The van der Waals surface area contributed by atoms with Crippen LogP contribution in [0.4, 0.5) is 17.1 Å². The molecule has 10 heteroatoms. The molecule has 0 radical (unpaired) electrons. The fourth-order valence-corrected chi connectivity index (χ4v) is 2.40. The minimum atomic E-state index is -0.721. The molecule has 0 aliphatic carbocycles. The van der Waals surface area contributed by atoms with E-state index in [9.17, 15) is 24.5 Å². The van der Waals surface area contributed by atoms with Crippen molar-refractivity contribution in [3.05, 3.63) is 63.2 Å². The number of aryl methyl sites for hydroxylation is 1. The Hall–Kier alpha value is -3.46. The Bertz CT molecular complexity index is 930. The van der Waals surface area contributed by atoms with E-state index in [2.05, 4.69) is 10.6 Å². The number of rotatable bonds is 8. The zero-order chi connectivity index (χ0) is 21.4. The molecule has 2 rings (SSSR count). The van der Waals surface area contributed by atoms with Gasteiger partial charge in [0.2, 0.25) is 5.91 Å². The van der Waals surface area contributed by atoms with E-state index in [1.165, 1.54) is 18.2 Å². The fraction of sp³-hybridized carbons (Fsp3) is 0.211. The molecule has 0 unspecified atom stereocenters. The van der Waals surface area contributed by atoms with Crippen LogP contribution in [0.25, 0.3) is 0 Å². The Morgan fingerprint density at radius 3 is 2.28 bits per heavy atom. The zero-order valence-electron chi connectivity index (χ0n) is 15.4. The van der Waals surface area contributed by atoms with Gasteiger partial charge >= 0.3 is 5.97 Å². The molecule has 0 aromatic heterocycles. The first-order chi connectivity index (χ1) is 13.7. The Labute approximate surface area is 171 Å². The maximum absolute atomic E-state index is 11.8. The minimum Gasteiger partial charge on any atom is -0.456 e. The van der Waals surface area contributed by atoms with Crippen molar-refractivity contribution in [3.63, 3.8) is 0 Å². The average molecular weight is 420 g/mol. The number of carbonyl (C=O) groups is 3. The summed E-state index contributed by atoms with van der Waals surface area (Å²) in [5.74, 6) is -1.76. The monoisotopic (exact) mass is 419 g/mol. The molecule has 2 N–H and O–H groups in total. The third-order valence-corrected chi connectivity index (χ3v) is 3.99. The van der Waals surface area contributed by atoms with Gasteiger partial charge in [-0.3, -0.25) is 24.5 Å². The number of halogens is 1. The highest BCUT2D eigenvalue weighted by Crippen LogP contribution is 2.22. The van der Waals surface area contributed by atoms with E-state index in [0.717, 1.165) is 0 Å². The van der Waals surface area contributed by atoms with Crippen LogP contribution in [0.3, 0.4) is 0 Å². The van der Waals surface area contributed by atoms with E-state index < -0.39 is 23.4 Å². The maximum atomic E-state index is 11.8. The van der Waals surface area contributed by atoms with Crippen molar-refractivity contribution < 1.29 is 24.0 Å². The van der Waals surface area contributed by atoms with Gasteiger partial charge in [0.05, 0.1) is 11.3 Å². The Balaban J connectivity index is 1.73. The van der Waals surface area contributed by atoms with Crippen LogP contribution in [0.2, 0.25) is 5.02 Å². The lowest BCUT2D eigenvalue weighted by molar-refractivity contribution is -0.385. The van der Waals surface area contributed by atoms with E-state index in [1.807, 2.05) is 0 Å². The van der Waals surface area contributed by atoms with Crippen molar-refractivity contribution in [1.29, 1.82) is 0 Å². The van der Waals surface area contributed by atoms with Crippen LogP contribution in [0.1, 0.15) is 18.4 Å².